The summed E-state index contributed by atoms with van der Waals surface area (Å²) in [6.07, 6.45) is 4.88. The van der Waals surface area contributed by atoms with E-state index in [4.69, 9.17) is 19.5 Å². The third-order valence-corrected chi connectivity index (χ3v) is 17.4. The third kappa shape index (κ3) is 21.0. The third-order valence-electron chi connectivity index (χ3n) is 17.4. The second-order valence-electron chi connectivity index (χ2n) is 32.4. The Kier molecular flexibility index (Phi) is 26.8. The topological polar surface area (TPSA) is 234 Å². The van der Waals surface area contributed by atoms with Crippen LogP contribution in [0, 0.1) is 79.3 Å². The number of carbonyl (C=O) groups excluding carboxylic acids is 7. The van der Waals surface area contributed by atoms with Gasteiger partial charge in [0.15, 0.2) is 5.91 Å². The molecule has 2 heterocycles. The average Bonchev–Trinajstić information content (AvgIpc) is 2.07. The van der Waals surface area contributed by atoms with Crippen LogP contribution in [0.25, 0.3) is 11.4 Å². The molecule has 2 aliphatic carbocycles. The molecule has 0 bridgehead atoms. The van der Waals surface area contributed by atoms with E-state index < -0.39 is 46.0 Å². The number of nitrogens with zero attached hydrogens (tertiary/aromatic N) is 2. The predicted octanol–water partition coefficient (Wildman–Crippen LogP) is 14.8. The van der Waals surface area contributed by atoms with Crippen molar-refractivity contribution in [1.29, 1.82) is 0 Å². The van der Waals surface area contributed by atoms with Crippen molar-refractivity contribution in [3.05, 3.63) is 39.0 Å². The summed E-state index contributed by atoms with van der Waals surface area (Å²) in [6, 6.07) is 0. The van der Waals surface area contributed by atoms with Crippen LogP contribution in [0.15, 0.2) is 21.8 Å². The van der Waals surface area contributed by atoms with Crippen molar-refractivity contribution in [2.45, 2.75) is 250 Å². The summed E-state index contributed by atoms with van der Waals surface area (Å²) in [4.78, 5) is 98.6. The number of ether oxygens (including phenoxy) is 4. The molecule has 0 saturated heterocycles. The second kappa shape index (κ2) is 29.8. The van der Waals surface area contributed by atoms with Crippen LogP contribution in [0.5, 0.6) is 0 Å². The van der Waals surface area contributed by atoms with Crippen molar-refractivity contribution in [1.82, 2.24) is 4.98 Å². The number of hydrogen-bond acceptors (Lipinski definition) is 12. The number of rotatable bonds is 16. The van der Waals surface area contributed by atoms with Crippen molar-refractivity contribution >= 4 is 59.4 Å². The summed E-state index contributed by atoms with van der Waals surface area (Å²) < 4.78 is 23.3. The molecule has 2 amide bonds. The first kappa shape index (κ1) is 77.4. The SMILES string of the molecule is CC1CC(C(C)(C)C)C(OC(=O)C2=C(C(C)C)/C(=C/c3[nH]c(NC(=O)C(C)(C)C)c(C(=O)OC4C(C(C)(C)C)CC(C)CC4C(C)(C)C)c3C(C)C)[N-]C2=NC(=O)C(C)(C)C)C(C(C)(C)C)C1.CCC(C)(C)C(=O)OCCOC(=O)CCC(=O)[O-].[Zn+2]. The maximum absolute atomic E-state index is 15.2. The summed E-state index contributed by atoms with van der Waals surface area (Å²) in [5.41, 5.74) is -0.0404. The van der Waals surface area contributed by atoms with E-state index in [-0.39, 0.29) is 150 Å². The zero-order valence-corrected chi connectivity index (χ0v) is 61.2. The molecule has 2 saturated carbocycles. The van der Waals surface area contributed by atoms with Gasteiger partial charge in [-0.05, 0) is 126 Å². The van der Waals surface area contributed by atoms with Crippen LogP contribution >= 0.6 is 0 Å². The zero-order chi connectivity index (χ0) is 65.7. The molecule has 0 spiro atoms. The molecule has 1 aliphatic heterocycles. The second-order valence-corrected chi connectivity index (χ2v) is 32.4. The smallest absolute Gasteiger partial charge is 0.550 e. The monoisotopic (exact) mass is 1250 g/mol. The zero-order valence-electron chi connectivity index (χ0n) is 58.2. The quantitative estimate of drug-likeness (QED) is 0.0681. The number of aliphatic carboxylic acids is 1. The molecule has 482 valence electrons. The van der Waals surface area contributed by atoms with Crippen LogP contribution in [0.2, 0.25) is 0 Å². The molecule has 17 heteroatoms. The van der Waals surface area contributed by atoms with Crippen LogP contribution in [0.4, 0.5) is 5.82 Å². The number of aromatic nitrogens is 1. The molecule has 2 N–H and O–H groups in total. The molecule has 1 aromatic heterocycles. The van der Waals surface area contributed by atoms with E-state index in [1.165, 1.54) is 0 Å². The minimum absolute atomic E-state index is 0. The number of esters is 4. The number of nitrogens with one attached hydrogen (secondary N) is 2. The van der Waals surface area contributed by atoms with Crippen LogP contribution in [-0.2, 0) is 67.2 Å². The number of allylic oxidation sites excluding steroid dienone is 1. The standard InChI is InChI=1S/C57H94N4O6.C12H20O6.Zn/c1-30(2)40-38(58-46(60-50(64)56(19,20)21)42(40)48(62)66-44-34(52(7,8)9)25-32(5)26-35(44)53(10,11)12)29-39-41(31(3)4)43(47(59-39)61-51(65)57(22,23)24)49(63)67-45-36(54(13,14)15)27-33(6)28-37(45)55(16,17)18;1-4-12(2,3)11(16)18-8-7-17-10(15)6-5-9(13)14;/h29-37,44-45H,25-28H2,1-24H3,(H3,58,59,60,61,62,63,64,65);4-8H2,1-3H3,(H,13,14);/q;;+2/p-2. The maximum atomic E-state index is 15.2. The van der Waals surface area contributed by atoms with Gasteiger partial charge in [0.1, 0.15) is 36.8 Å². The van der Waals surface area contributed by atoms with Gasteiger partial charge in [0.25, 0.3) is 0 Å². The number of aliphatic imine (C=N–C) groups is 1. The normalized spacial score (nSPS) is 23.5. The van der Waals surface area contributed by atoms with E-state index >= 15 is 9.59 Å². The van der Waals surface area contributed by atoms with Gasteiger partial charge in [-0.15, -0.1) is 0 Å². The molecule has 1 aromatic rings. The maximum Gasteiger partial charge on any atom is 2.00 e. The minimum Gasteiger partial charge on any atom is -0.550 e. The fourth-order valence-electron chi connectivity index (χ4n) is 11.7. The van der Waals surface area contributed by atoms with Gasteiger partial charge < -0.3 is 49.5 Å². The summed E-state index contributed by atoms with van der Waals surface area (Å²) in [6.45, 7) is 55.5. The summed E-state index contributed by atoms with van der Waals surface area (Å²) in [5, 5.41) is 18.2. The van der Waals surface area contributed by atoms with Crippen LogP contribution in [-0.4, -0.2) is 77.9 Å². The van der Waals surface area contributed by atoms with Crippen molar-refractivity contribution in [2.75, 3.05) is 18.5 Å². The molecule has 0 radical (unpaired) electrons. The van der Waals surface area contributed by atoms with Gasteiger partial charge in [0.05, 0.1) is 17.4 Å². The van der Waals surface area contributed by atoms with Gasteiger partial charge in [-0.25, -0.2) is 9.59 Å². The molecule has 86 heavy (non-hydrogen) atoms. The number of carboxylic acid groups (broad SMARTS) is 1. The Balaban J connectivity index is 0.00000114. The van der Waals surface area contributed by atoms with E-state index in [9.17, 15) is 29.1 Å². The molecular weight excluding hydrogens is 1140 g/mol. The number of carboxylic acids is 1. The Labute approximate surface area is 530 Å². The predicted molar refractivity (Wildman–Crippen MR) is 336 cm³/mol. The first-order chi connectivity index (χ1) is 38.4. The Morgan fingerprint density at radius 3 is 1.44 bits per heavy atom. The van der Waals surface area contributed by atoms with Crippen LogP contribution in [0.1, 0.15) is 259 Å². The summed E-state index contributed by atoms with van der Waals surface area (Å²) in [7, 11) is 0. The van der Waals surface area contributed by atoms with E-state index in [0.717, 1.165) is 25.7 Å². The van der Waals surface area contributed by atoms with Gasteiger partial charge in [0, 0.05) is 46.2 Å². The Morgan fingerprint density at radius 1 is 0.640 bits per heavy atom. The van der Waals surface area contributed by atoms with Gasteiger partial charge in [-0.1, -0.05) is 173 Å². The van der Waals surface area contributed by atoms with Crippen molar-refractivity contribution in [3.8, 4) is 0 Å². The van der Waals surface area contributed by atoms with Crippen LogP contribution in [0.3, 0.4) is 0 Å². The number of amidine groups is 1. The Bertz CT molecular complexity index is 2620. The van der Waals surface area contributed by atoms with E-state index in [1.807, 2.05) is 61.5 Å². The summed E-state index contributed by atoms with van der Waals surface area (Å²) >= 11 is 0. The van der Waals surface area contributed by atoms with Gasteiger partial charge in [-0.3, -0.25) is 19.2 Å². The Hall–Kier alpha value is -4.66. The average molecular weight is 1260 g/mol. The van der Waals surface area contributed by atoms with E-state index in [2.05, 4.69) is 117 Å². The molecule has 3 aliphatic rings. The first-order valence-corrected chi connectivity index (χ1v) is 31.3. The summed E-state index contributed by atoms with van der Waals surface area (Å²) in [5.74, 6) is -2.87. The van der Waals surface area contributed by atoms with Crippen molar-refractivity contribution in [3.63, 3.8) is 0 Å². The number of amides is 2. The molecule has 4 atom stereocenters. The van der Waals surface area contributed by atoms with E-state index in [0.29, 0.717) is 40.8 Å². The van der Waals surface area contributed by atoms with E-state index in [1.54, 1.807) is 34.6 Å². The van der Waals surface area contributed by atoms with Crippen molar-refractivity contribution in [2.24, 2.45) is 84.3 Å². The fraction of sp³-hybridized carbons (Fsp3) is 0.768. The number of H-pyrrole nitrogens is 1. The first-order valence-electron chi connectivity index (χ1n) is 31.3. The molecule has 4 unspecified atom stereocenters. The molecule has 16 nitrogen and oxygen atoms in total. The Morgan fingerprint density at radius 2 is 1.07 bits per heavy atom. The molecule has 0 aromatic carbocycles. The molecule has 2 fully saturated rings. The van der Waals surface area contributed by atoms with Gasteiger partial charge >= 0.3 is 43.4 Å². The van der Waals surface area contributed by atoms with Crippen molar-refractivity contribution < 1.29 is 77.1 Å². The molecule has 4 rings (SSSR count). The molecular formula is C69H112N4O12Zn. The number of hydrogen-bond donors (Lipinski definition) is 2. The van der Waals surface area contributed by atoms with Crippen LogP contribution < -0.4 is 10.4 Å². The number of anilines is 1. The number of carbonyl (C=O) groups is 7. The van der Waals surface area contributed by atoms with Gasteiger partial charge in [-0.2, -0.15) is 0 Å². The fourth-order valence-corrected chi connectivity index (χ4v) is 11.7. The number of aromatic amines is 1. The largest absolute Gasteiger partial charge is 2.00 e. The minimum atomic E-state index is -1.30. The van der Waals surface area contributed by atoms with Gasteiger partial charge in [0.2, 0.25) is 5.91 Å².